The summed E-state index contributed by atoms with van der Waals surface area (Å²) < 4.78 is 35.1. The first-order valence-corrected chi connectivity index (χ1v) is 10.0. The Labute approximate surface area is 160 Å². The fourth-order valence-corrected chi connectivity index (χ4v) is 4.08. The van der Waals surface area contributed by atoms with Gasteiger partial charge < -0.3 is 8.92 Å². The standard InChI is InChI=1S/C18H17BrO6S/c1-3-16(20)12-5-8-14(9-6-12)25-26(22,23)17-10-7-13(11-15(17)19)18(21)24-4-2/h5-11H,3-4H2,1-2H3. The molecule has 0 N–H and O–H groups in total. The van der Waals surface area contributed by atoms with Crippen molar-refractivity contribution in [3.8, 4) is 5.75 Å². The van der Waals surface area contributed by atoms with Crippen LogP contribution in [0.15, 0.2) is 51.8 Å². The quantitative estimate of drug-likeness (QED) is 0.367. The molecule has 138 valence electrons. The van der Waals surface area contributed by atoms with Crippen LogP contribution in [0.1, 0.15) is 41.0 Å². The van der Waals surface area contributed by atoms with E-state index < -0.39 is 16.1 Å². The van der Waals surface area contributed by atoms with E-state index >= 15 is 0 Å². The molecule has 0 atom stereocenters. The lowest BCUT2D eigenvalue weighted by molar-refractivity contribution is 0.0526. The van der Waals surface area contributed by atoms with E-state index in [-0.39, 0.29) is 33.1 Å². The molecule has 2 aromatic rings. The molecule has 0 fully saturated rings. The Hall–Kier alpha value is -2.19. The maximum atomic E-state index is 12.5. The number of Topliss-reactive ketones (excluding diaryl/α,β-unsaturated/α-hetero) is 1. The van der Waals surface area contributed by atoms with Gasteiger partial charge in [0, 0.05) is 16.5 Å². The number of ketones is 1. The van der Waals surface area contributed by atoms with E-state index in [1.807, 2.05) is 0 Å². The number of carbonyl (C=O) groups is 2. The Kier molecular flexibility index (Phi) is 6.55. The number of ether oxygens (including phenoxy) is 1. The number of rotatable bonds is 7. The van der Waals surface area contributed by atoms with Gasteiger partial charge in [-0.25, -0.2) is 4.79 Å². The van der Waals surface area contributed by atoms with Crippen LogP contribution >= 0.6 is 15.9 Å². The van der Waals surface area contributed by atoms with Gasteiger partial charge in [-0.2, -0.15) is 8.42 Å². The number of carbonyl (C=O) groups excluding carboxylic acids is 2. The van der Waals surface area contributed by atoms with Gasteiger partial charge in [-0.05, 0) is 65.3 Å². The van der Waals surface area contributed by atoms with Crippen LogP contribution in [0.4, 0.5) is 0 Å². The van der Waals surface area contributed by atoms with Gasteiger partial charge >= 0.3 is 16.1 Å². The molecule has 0 amide bonds. The normalized spacial score (nSPS) is 11.0. The highest BCUT2D eigenvalue weighted by molar-refractivity contribution is 9.10. The van der Waals surface area contributed by atoms with E-state index in [1.54, 1.807) is 13.8 Å². The van der Waals surface area contributed by atoms with Crippen molar-refractivity contribution in [1.82, 2.24) is 0 Å². The molecule has 0 heterocycles. The minimum atomic E-state index is -4.12. The zero-order chi connectivity index (χ0) is 19.3. The second kappa shape index (κ2) is 8.46. The maximum absolute atomic E-state index is 12.5. The third kappa shape index (κ3) is 4.70. The number of esters is 1. The van der Waals surface area contributed by atoms with Crippen LogP contribution < -0.4 is 4.18 Å². The Balaban J connectivity index is 2.24. The van der Waals surface area contributed by atoms with Crippen LogP contribution in [0.5, 0.6) is 5.75 Å². The van der Waals surface area contributed by atoms with Gasteiger partial charge in [0.2, 0.25) is 0 Å². The average molecular weight is 441 g/mol. The van der Waals surface area contributed by atoms with Crippen molar-refractivity contribution >= 4 is 37.8 Å². The number of hydrogen-bond acceptors (Lipinski definition) is 6. The van der Waals surface area contributed by atoms with Gasteiger partial charge in [-0.1, -0.05) is 6.92 Å². The molecule has 0 aliphatic rings. The van der Waals surface area contributed by atoms with Crippen molar-refractivity contribution in [1.29, 1.82) is 0 Å². The Morgan fingerprint density at radius 2 is 1.62 bits per heavy atom. The Morgan fingerprint density at radius 1 is 1.00 bits per heavy atom. The lowest BCUT2D eigenvalue weighted by atomic mass is 10.1. The summed E-state index contributed by atoms with van der Waals surface area (Å²) in [6.45, 7) is 3.64. The second-order valence-electron chi connectivity index (χ2n) is 5.20. The molecule has 6 nitrogen and oxygen atoms in total. The molecule has 0 aromatic heterocycles. The minimum Gasteiger partial charge on any atom is -0.462 e. The summed E-state index contributed by atoms with van der Waals surface area (Å²) >= 11 is 3.14. The molecule has 8 heteroatoms. The molecule has 0 spiro atoms. The summed E-state index contributed by atoms with van der Waals surface area (Å²) in [6.07, 6.45) is 0.359. The van der Waals surface area contributed by atoms with Gasteiger partial charge in [-0.3, -0.25) is 4.79 Å². The number of halogens is 1. The van der Waals surface area contributed by atoms with E-state index in [1.165, 1.54) is 42.5 Å². The van der Waals surface area contributed by atoms with Gasteiger partial charge in [0.1, 0.15) is 10.6 Å². The van der Waals surface area contributed by atoms with Gasteiger partial charge in [0.15, 0.2) is 5.78 Å². The zero-order valence-electron chi connectivity index (χ0n) is 14.2. The van der Waals surface area contributed by atoms with Gasteiger partial charge in [0.25, 0.3) is 0 Å². The molecular formula is C18H17BrO6S. The lowest BCUT2D eigenvalue weighted by Gasteiger charge is -2.10. The second-order valence-corrected chi connectivity index (χ2v) is 7.57. The van der Waals surface area contributed by atoms with E-state index in [4.69, 9.17) is 8.92 Å². The summed E-state index contributed by atoms with van der Waals surface area (Å²) in [4.78, 5) is 23.2. The number of hydrogen-bond donors (Lipinski definition) is 0. The van der Waals surface area contributed by atoms with Crippen LogP contribution in [-0.4, -0.2) is 26.8 Å². The predicted octanol–water partition coefficient (Wildman–Crippen LogP) is 3.99. The SMILES string of the molecule is CCOC(=O)c1ccc(S(=O)(=O)Oc2ccc(C(=O)CC)cc2)c(Br)c1. The number of benzene rings is 2. The summed E-state index contributed by atoms with van der Waals surface area (Å²) in [5, 5.41) is 0. The summed E-state index contributed by atoms with van der Waals surface area (Å²) in [6, 6.07) is 9.83. The van der Waals surface area contributed by atoms with Crippen molar-refractivity contribution < 1.29 is 26.9 Å². The first kappa shape index (κ1) is 20.1. The molecule has 0 unspecified atom stereocenters. The van der Waals surface area contributed by atoms with Gasteiger partial charge in [-0.15, -0.1) is 0 Å². The topological polar surface area (TPSA) is 86.7 Å². The fraction of sp³-hybridized carbons (Fsp3) is 0.222. The molecular weight excluding hydrogens is 424 g/mol. The van der Waals surface area contributed by atoms with E-state index in [0.717, 1.165) is 0 Å². The zero-order valence-corrected chi connectivity index (χ0v) is 16.6. The van der Waals surface area contributed by atoms with Crippen LogP contribution in [-0.2, 0) is 14.9 Å². The van der Waals surface area contributed by atoms with Crippen LogP contribution in [0, 0.1) is 0 Å². The monoisotopic (exact) mass is 440 g/mol. The first-order chi connectivity index (χ1) is 12.3. The summed E-state index contributed by atoms with van der Waals surface area (Å²) in [5.41, 5.74) is 0.706. The molecule has 2 aromatic carbocycles. The molecule has 0 bridgehead atoms. The van der Waals surface area contributed by atoms with Crippen molar-refractivity contribution in [2.75, 3.05) is 6.61 Å². The highest BCUT2D eigenvalue weighted by Gasteiger charge is 2.22. The summed E-state index contributed by atoms with van der Waals surface area (Å²) in [5.74, 6) is -0.509. The summed E-state index contributed by atoms with van der Waals surface area (Å²) in [7, 11) is -4.12. The third-order valence-electron chi connectivity index (χ3n) is 3.42. The van der Waals surface area contributed by atoms with Crippen molar-refractivity contribution in [3.63, 3.8) is 0 Å². The Morgan fingerprint density at radius 3 is 2.15 bits per heavy atom. The lowest BCUT2D eigenvalue weighted by Crippen LogP contribution is -2.12. The molecule has 0 radical (unpaired) electrons. The van der Waals surface area contributed by atoms with E-state index in [9.17, 15) is 18.0 Å². The highest BCUT2D eigenvalue weighted by atomic mass is 79.9. The highest BCUT2D eigenvalue weighted by Crippen LogP contribution is 2.27. The van der Waals surface area contributed by atoms with Gasteiger partial charge in [0.05, 0.1) is 12.2 Å². The smallest absolute Gasteiger partial charge is 0.340 e. The van der Waals surface area contributed by atoms with Crippen LogP contribution in [0.2, 0.25) is 0 Å². The largest absolute Gasteiger partial charge is 0.462 e. The Bertz CT molecular complexity index is 919. The molecule has 2 rings (SSSR count). The van der Waals surface area contributed by atoms with Crippen molar-refractivity contribution in [3.05, 3.63) is 58.1 Å². The third-order valence-corrected chi connectivity index (χ3v) is 5.64. The fourth-order valence-electron chi connectivity index (χ4n) is 2.12. The van der Waals surface area contributed by atoms with Crippen LogP contribution in [0.3, 0.4) is 0 Å². The molecule has 0 saturated carbocycles. The average Bonchev–Trinajstić information content (AvgIpc) is 2.61. The predicted molar refractivity (Wildman–Crippen MR) is 99.0 cm³/mol. The molecule has 26 heavy (non-hydrogen) atoms. The van der Waals surface area contributed by atoms with E-state index in [2.05, 4.69) is 15.9 Å². The van der Waals surface area contributed by atoms with E-state index in [0.29, 0.717) is 12.0 Å². The minimum absolute atomic E-state index is 0.0447. The first-order valence-electron chi connectivity index (χ1n) is 7.83. The van der Waals surface area contributed by atoms with Crippen LogP contribution in [0.25, 0.3) is 0 Å². The maximum Gasteiger partial charge on any atom is 0.340 e. The molecule has 0 aliphatic heterocycles. The molecule has 0 saturated heterocycles. The van der Waals surface area contributed by atoms with Crippen molar-refractivity contribution in [2.45, 2.75) is 25.2 Å². The van der Waals surface area contributed by atoms with Crippen molar-refractivity contribution in [2.24, 2.45) is 0 Å². The molecule has 0 aliphatic carbocycles.